The fourth-order valence-electron chi connectivity index (χ4n) is 4.59. The number of aromatic nitrogens is 2. The van der Waals surface area contributed by atoms with Gasteiger partial charge in [-0.05, 0) is 49.3 Å². The molecule has 1 aromatic heterocycles. The Hall–Kier alpha value is -2.55. The SMILES string of the molecule is CC(C)N1CC2C(CN(Cc3cccc(OC(F)(F)F)c3)C(=O)c3cn(C)cn3)C2C1. The standard InChI is InChI=1S/C22H27F3N4O2/c1-14(2)28-9-17-18(10-28)19(17)11-29(21(30)20-12-27(3)13-26-20)8-15-5-4-6-16(7-15)31-22(23,24)25/h4-7,12-14,17-19H,8-11H2,1-3H3. The van der Waals surface area contributed by atoms with Crippen LogP contribution in [-0.2, 0) is 13.6 Å². The molecule has 0 radical (unpaired) electrons. The number of alkyl halides is 3. The van der Waals surface area contributed by atoms with Gasteiger partial charge in [-0.15, -0.1) is 13.2 Å². The summed E-state index contributed by atoms with van der Waals surface area (Å²) in [5.41, 5.74) is 0.917. The van der Waals surface area contributed by atoms with E-state index in [0.29, 0.717) is 41.6 Å². The molecule has 2 atom stereocenters. The van der Waals surface area contributed by atoms with Crippen LogP contribution in [0.15, 0.2) is 36.8 Å². The third-order valence-corrected chi connectivity index (χ3v) is 6.28. The highest BCUT2D eigenvalue weighted by Gasteiger charge is 2.56. The number of carbonyl (C=O) groups is 1. The van der Waals surface area contributed by atoms with Gasteiger partial charge in [-0.25, -0.2) is 4.98 Å². The molecule has 2 heterocycles. The van der Waals surface area contributed by atoms with Gasteiger partial charge in [-0.1, -0.05) is 12.1 Å². The zero-order valence-corrected chi connectivity index (χ0v) is 17.8. The first kappa shape index (κ1) is 21.7. The van der Waals surface area contributed by atoms with E-state index in [-0.39, 0.29) is 18.2 Å². The van der Waals surface area contributed by atoms with Crippen LogP contribution in [0, 0.1) is 17.8 Å². The Morgan fingerprint density at radius 2 is 2.00 bits per heavy atom. The smallest absolute Gasteiger partial charge is 0.406 e. The number of carbonyl (C=O) groups excluding carboxylic acids is 1. The van der Waals surface area contributed by atoms with Crippen molar-refractivity contribution in [2.45, 2.75) is 32.8 Å². The van der Waals surface area contributed by atoms with Crippen molar-refractivity contribution in [3.8, 4) is 5.75 Å². The van der Waals surface area contributed by atoms with E-state index in [9.17, 15) is 18.0 Å². The van der Waals surface area contributed by atoms with Crippen molar-refractivity contribution in [3.05, 3.63) is 48.0 Å². The van der Waals surface area contributed by atoms with E-state index in [1.54, 1.807) is 35.1 Å². The molecule has 0 N–H and O–H groups in total. The van der Waals surface area contributed by atoms with Crippen molar-refractivity contribution in [2.75, 3.05) is 19.6 Å². The zero-order chi connectivity index (χ0) is 22.3. The number of fused-ring (bicyclic) bond motifs is 1. The van der Waals surface area contributed by atoms with Gasteiger partial charge in [0, 0.05) is 45.5 Å². The van der Waals surface area contributed by atoms with Gasteiger partial charge in [0.1, 0.15) is 11.4 Å². The topological polar surface area (TPSA) is 50.6 Å². The van der Waals surface area contributed by atoms with Gasteiger partial charge in [0.15, 0.2) is 0 Å². The molecule has 1 aliphatic carbocycles. The molecular formula is C22H27F3N4O2. The lowest BCUT2D eigenvalue weighted by atomic mass is 10.1. The van der Waals surface area contributed by atoms with Gasteiger partial charge in [-0.2, -0.15) is 0 Å². The van der Waals surface area contributed by atoms with Crippen LogP contribution in [0.25, 0.3) is 0 Å². The summed E-state index contributed by atoms with van der Waals surface area (Å²) < 4.78 is 43.5. The molecule has 2 aliphatic rings. The summed E-state index contributed by atoms with van der Waals surface area (Å²) in [4.78, 5) is 21.5. The minimum atomic E-state index is -4.75. The average molecular weight is 436 g/mol. The molecule has 2 aromatic rings. The van der Waals surface area contributed by atoms with Crippen LogP contribution in [0.4, 0.5) is 13.2 Å². The van der Waals surface area contributed by atoms with Crippen molar-refractivity contribution < 1.29 is 22.7 Å². The maximum atomic E-state index is 13.2. The number of likely N-dealkylation sites (tertiary alicyclic amines) is 1. The molecule has 1 saturated carbocycles. The maximum Gasteiger partial charge on any atom is 0.573 e. The number of rotatable bonds is 7. The van der Waals surface area contributed by atoms with Crippen molar-refractivity contribution in [1.82, 2.24) is 19.4 Å². The second-order valence-electron chi connectivity index (χ2n) is 8.84. The van der Waals surface area contributed by atoms with E-state index < -0.39 is 6.36 Å². The molecule has 1 saturated heterocycles. The van der Waals surface area contributed by atoms with E-state index in [2.05, 4.69) is 28.5 Å². The average Bonchev–Trinajstić information content (AvgIpc) is 3.02. The normalized spacial score (nSPS) is 23.1. The quantitative estimate of drug-likeness (QED) is 0.666. The highest BCUT2D eigenvalue weighted by molar-refractivity contribution is 5.92. The second-order valence-corrected chi connectivity index (χ2v) is 8.84. The fraction of sp³-hybridized carbons (Fsp3) is 0.545. The summed E-state index contributed by atoms with van der Waals surface area (Å²) in [6.07, 6.45) is -1.53. The van der Waals surface area contributed by atoms with Crippen LogP contribution in [0.1, 0.15) is 29.9 Å². The van der Waals surface area contributed by atoms with Gasteiger partial charge in [-0.3, -0.25) is 4.79 Å². The molecule has 0 bridgehead atoms. The highest BCUT2D eigenvalue weighted by Crippen LogP contribution is 2.52. The molecule has 31 heavy (non-hydrogen) atoms. The third kappa shape index (κ3) is 5.03. The maximum absolute atomic E-state index is 13.2. The summed E-state index contributed by atoms with van der Waals surface area (Å²) >= 11 is 0. The molecule has 4 rings (SSSR count). The predicted octanol–water partition coefficient (Wildman–Crippen LogP) is 3.55. The molecule has 2 fully saturated rings. The number of hydrogen-bond donors (Lipinski definition) is 0. The number of hydrogen-bond acceptors (Lipinski definition) is 4. The zero-order valence-electron chi connectivity index (χ0n) is 17.8. The Bertz CT molecular complexity index is 931. The Kier molecular flexibility index (Phi) is 5.72. The van der Waals surface area contributed by atoms with Crippen LogP contribution in [-0.4, -0.2) is 57.3 Å². The lowest BCUT2D eigenvalue weighted by Crippen LogP contribution is -2.36. The Labute approximate surface area is 179 Å². The largest absolute Gasteiger partial charge is 0.573 e. The second kappa shape index (κ2) is 8.18. The van der Waals surface area contributed by atoms with Crippen LogP contribution >= 0.6 is 0 Å². The van der Waals surface area contributed by atoms with Crippen molar-refractivity contribution in [3.63, 3.8) is 0 Å². The van der Waals surface area contributed by atoms with Gasteiger partial charge in [0.2, 0.25) is 0 Å². The lowest BCUT2D eigenvalue weighted by Gasteiger charge is -2.27. The van der Waals surface area contributed by atoms with E-state index in [1.165, 1.54) is 18.2 Å². The summed E-state index contributed by atoms with van der Waals surface area (Å²) in [6.45, 7) is 7.22. The lowest BCUT2D eigenvalue weighted by molar-refractivity contribution is -0.274. The van der Waals surface area contributed by atoms with Gasteiger partial charge in [0.05, 0.1) is 6.33 Å². The molecule has 9 heteroatoms. The van der Waals surface area contributed by atoms with Crippen LogP contribution < -0.4 is 4.74 Å². The molecular weight excluding hydrogens is 409 g/mol. The summed E-state index contributed by atoms with van der Waals surface area (Å²) in [5.74, 6) is 1.06. The molecule has 168 valence electrons. The van der Waals surface area contributed by atoms with E-state index in [4.69, 9.17) is 0 Å². The number of piperidine rings is 1. The Morgan fingerprint density at radius 1 is 1.29 bits per heavy atom. The van der Waals surface area contributed by atoms with E-state index in [1.807, 2.05) is 0 Å². The molecule has 1 aromatic carbocycles. The summed E-state index contributed by atoms with van der Waals surface area (Å²) in [6, 6.07) is 6.31. The van der Waals surface area contributed by atoms with Crippen molar-refractivity contribution in [1.29, 1.82) is 0 Å². The number of ether oxygens (including phenoxy) is 1. The molecule has 1 aliphatic heterocycles. The first-order chi connectivity index (χ1) is 14.6. The molecule has 6 nitrogen and oxygen atoms in total. The minimum absolute atomic E-state index is 0.203. The van der Waals surface area contributed by atoms with Gasteiger partial charge in [0.25, 0.3) is 5.91 Å². The van der Waals surface area contributed by atoms with Crippen molar-refractivity contribution >= 4 is 5.91 Å². The van der Waals surface area contributed by atoms with Crippen LogP contribution in [0.2, 0.25) is 0 Å². The first-order valence-electron chi connectivity index (χ1n) is 10.5. The number of aryl methyl sites for hydroxylation is 1. The fourth-order valence-corrected chi connectivity index (χ4v) is 4.59. The summed E-state index contributed by atoms with van der Waals surface area (Å²) in [5, 5.41) is 0. The number of amides is 1. The van der Waals surface area contributed by atoms with Gasteiger partial charge >= 0.3 is 6.36 Å². The number of imidazole rings is 1. The highest BCUT2D eigenvalue weighted by atomic mass is 19.4. The molecule has 2 unspecified atom stereocenters. The number of nitrogens with zero attached hydrogens (tertiary/aromatic N) is 4. The van der Waals surface area contributed by atoms with Crippen LogP contribution in [0.5, 0.6) is 5.75 Å². The number of benzene rings is 1. The first-order valence-corrected chi connectivity index (χ1v) is 10.5. The Morgan fingerprint density at radius 3 is 2.58 bits per heavy atom. The summed E-state index contributed by atoms with van der Waals surface area (Å²) in [7, 11) is 1.79. The minimum Gasteiger partial charge on any atom is -0.406 e. The van der Waals surface area contributed by atoms with Gasteiger partial charge < -0.3 is 19.1 Å². The van der Waals surface area contributed by atoms with E-state index >= 15 is 0 Å². The predicted molar refractivity (Wildman–Crippen MR) is 108 cm³/mol. The van der Waals surface area contributed by atoms with Crippen molar-refractivity contribution in [2.24, 2.45) is 24.8 Å². The monoisotopic (exact) mass is 436 g/mol. The third-order valence-electron chi connectivity index (χ3n) is 6.28. The number of halogens is 3. The Balaban J connectivity index is 1.49. The molecule has 1 amide bonds. The van der Waals surface area contributed by atoms with E-state index in [0.717, 1.165) is 13.1 Å². The van der Waals surface area contributed by atoms with Crippen LogP contribution in [0.3, 0.4) is 0 Å². The molecule has 0 spiro atoms.